The molecule has 0 radical (unpaired) electrons. The highest BCUT2D eigenvalue weighted by atomic mass is 35.5. The molecule has 0 amide bonds. The molecule has 0 saturated carbocycles. The van der Waals surface area contributed by atoms with Crippen LogP contribution < -0.4 is 10.1 Å². The van der Waals surface area contributed by atoms with Crippen molar-refractivity contribution in [2.45, 2.75) is 24.8 Å². The Labute approximate surface area is 115 Å². The summed E-state index contributed by atoms with van der Waals surface area (Å²) in [5.74, 6) is 0.765. The second-order valence-corrected chi connectivity index (χ2v) is 6.21. The highest BCUT2D eigenvalue weighted by Gasteiger charge is 2.13. The molecule has 0 unspecified atom stereocenters. The Balaban J connectivity index is 0.00000289. The van der Waals surface area contributed by atoms with Crippen LogP contribution >= 0.6 is 12.4 Å². The van der Waals surface area contributed by atoms with Gasteiger partial charge in [-0.3, -0.25) is 0 Å². The first-order valence-corrected chi connectivity index (χ1v) is 7.21. The maximum absolute atomic E-state index is 11.9. The zero-order valence-electron chi connectivity index (χ0n) is 10.8. The summed E-state index contributed by atoms with van der Waals surface area (Å²) in [6.07, 6.45) is 0. The summed E-state index contributed by atoms with van der Waals surface area (Å²) in [4.78, 5) is 0.337. The van der Waals surface area contributed by atoms with E-state index in [4.69, 9.17) is 4.74 Å². The molecule has 0 saturated heterocycles. The van der Waals surface area contributed by atoms with Gasteiger partial charge in [0.15, 0.2) is 9.84 Å². The topological polar surface area (TPSA) is 55.4 Å². The Hall–Kier alpha value is -0.780. The van der Waals surface area contributed by atoms with E-state index in [-0.39, 0.29) is 18.2 Å². The maximum Gasteiger partial charge on any atom is 0.179 e. The van der Waals surface area contributed by atoms with Crippen LogP contribution in [-0.4, -0.2) is 33.9 Å². The van der Waals surface area contributed by atoms with E-state index in [2.05, 4.69) is 5.32 Å². The summed E-state index contributed by atoms with van der Waals surface area (Å²) in [6, 6.07) is 6.75. The Morgan fingerprint density at radius 2 is 1.78 bits per heavy atom. The van der Waals surface area contributed by atoms with Crippen molar-refractivity contribution in [3.63, 3.8) is 0 Å². The normalized spacial score (nSPS) is 11.1. The Morgan fingerprint density at radius 3 is 2.22 bits per heavy atom. The molecule has 104 valence electrons. The first kappa shape index (κ1) is 17.2. The molecule has 0 heterocycles. The van der Waals surface area contributed by atoms with E-state index in [1.165, 1.54) is 0 Å². The van der Waals surface area contributed by atoms with E-state index in [0.717, 1.165) is 0 Å². The number of benzene rings is 1. The number of hydrogen-bond donors (Lipinski definition) is 1. The minimum atomic E-state index is -3.20. The van der Waals surface area contributed by atoms with Crippen molar-refractivity contribution in [3.05, 3.63) is 24.3 Å². The van der Waals surface area contributed by atoms with Crippen LogP contribution in [0.25, 0.3) is 0 Å². The van der Waals surface area contributed by atoms with Gasteiger partial charge in [0.1, 0.15) is 5.75 Å². The van der Waals surface area contributed by atoms with Crippen molar-refractivity contribution in [2.24, 2.45) is 0 Å². The fourth-order valence-corrected chi connectivity index (χ4v) is 2.56. The number of ether oxygens (including phenoxy) is 1. The molecule has 18 heavy (non-hydrogen) atoms. The van der Waals surface area contributed by atoms with Crippen LogP contribution in [0.5, 0.6) is 5.75 Å². The van der Waals surface area contributed by atoms with E-state index in [9.17, 15) is 8.42 Å². The highest BCUT2D eigenvalue weighted by Crippen LogP contribution is 2.16. The van der Waals surface area contributed by atoms with Gasteiger partial charge in [-0.25, -0.2) is 8.42 Å². The Bertz CT molecular complexity index is 443. The van der Waals surface area contributed by atoms with Gasteiger partial charge < -0.3 is 10.1 Å². The molecular formula is C12H20ClNO3S. The van der Waals surface area contributed by atoms with Gasteiger partial charge in [0.25, 0.3) is 0 Å². The molecule has 1 aromatic rings. The fraction of sp³-hybridized carbons (Fsp3) is 0.500. The number of nitrogens with one attached hydrogen (secondary N) is 1. The van der Waals surface area contributed by atoms with E-state index >= 15 is 0 Å². The van der Waals surface area contributed by atoms with Crippen LogP contribution in [0.4, 0.5) is 0 Å². The molecule has 6 heteroatoms. The van der Waals surface area contributed by atoms with Gasteiger partial charge in [-0.05, 0) is 24.3 Å². The number of rotatable bonds is 6. The molecule has 0 aliphatic carbocycles. The lowest BCUT2D eigenvalue weighted by molar-refractivity contribution is 0.414. The average molecular weight is 294 g/mol. The van der Waals surface area contributed by atoms with Crippen LogP contribution in [0, 0.1) is 0 Å². The van der Waals surface area contributed by atoms with Crippen molar-refractivity contribution < 1.29 is 13.2 Å². The largest absolute Gasteiger partial charge is 0.497 e. The van der Waals surface area contributed by atoms with Crippen LogP contribution in [0.3, 0.4) is 0 Å². The fourth-order valence-electron chi connectivity index (χ4n) is 1.38. The summed E-state index contributed by atoms with van der Waals surface area (Å²) >= 11 is 0. The van der Waals surface area contributed by atoms with E-state index < -0.39 is 9.84 Å². The van der Waals surface area contributed by atoms with Crippen molar-refractivity contribution in [1.29, 1.82) is 0 Å². The lowest BCUT2D eigenvalue weighted by atomic mass is 10.3. The zero-order chi connectivity index (χ0) is 12.9. The Kier molecular flexibility index (Phi) is 7.28. The van der Waals surface area contributed by atoms with Gasteiger partial charge in [0, 0.05) is 12.6 Å². The second-order valence-electron chi connectivity index (χ2n) is 4.10. The third-order valence-electron chi connectivity index (χ3n) is 2.34. The molecule has 0 aromatic heterocycles. The molecule has 1 rings (SSSR count). The molecule has 0 aliphatic rings. The van der Waals surface area contributed by atoms with Crippen molar-refractivity contribution >= 4 is 22.2 Å². The van der Waals surface area contributed by atoms with Gasteiger partial charge in [0.2, 0.25) is 0 Å². The van der Waals surface area contributed by atoms with Gasteiger partial charge in [0.05, 0.1) is 17.8 Å². The molecular weight excluding hydrogens is 274 g/mol. The summed E-state index contributed by atoms with van der Waals surface area (Å²) in [5.41, 5.74) is 0. The molecule has 0 fully saturated rings. The van der Waals surface area contributed by atoms with Gasteiger partial charge in [-0.1, -0.05) is 13.8 Å². The summed E-state index contributed by atoms with van der Waals surface area (Å²) in [7, 11) is -1.65. The van der Waals surface area contributed by atoms with E-state index in [1.807, 2.05) is 13.8 Å². The average Bonchev–Trinajstić information content (AvgIpc) is 2.28. The SMILES string of the molecule is COc1ccc(S(=O)(=O)CCNC(C)C)cc1.Cl. The molecule has 0 spiro atoms. The second kappa shape index (κ2) is 7.61. The predicted octanol–water partition coefficient (Wildman–Crippen LogP) is 1.89. The molecule has 1 N–H and O–H groups in total. The summed E-state index contributed by atoms with van der Waals surface area (Å²) in [5, 5.41) is 3.09. The zero-order valence-corrected chi connectivity index (χ0v) is 12.5. The number of sulfone groups is 1. The van der Waals surface area contributed by atoms with Crippen LogP contribution in [0.2, 0.25) is 0 Å². The van der Waals surface area contributed by atoms with E-state index in [1.54, 1.807) is 31.4 Å². The number of hydrogen-bond acceptors (Lipinski definition) is 4. The molecule has 4 nitrogen and oxygen atoms in total. The molecule has 0 atom stereocenters. The highest BCUT2D eigenvalue weighted by molar-refractivity contribution is 7.91. The minimum absolute atomic E-state index is 0. The first-order chi connectivity index (χ1) is 7.95. The lowest BCUT2D eigenvalue weighted by Gasteiger charge is -2.09. The summed E-state index contributed by atoms with van der Waals surface area (Å²) in [6.45, 7) is 4.44. The van der Waals surface area contributed by atoms with Crippen molar-refractivity contribution in [2.75, 3.05) is 19.4 Å². The Morgan fingerprint density at radius 1 is 1.22 bits per heavy atom. The smallest absolute Gasteiger partial charge is 0.179 e. The maximum atomic E-state index is 11.9. The monoisotopic (exact) mass is 293 g/mol. The van der Waals surface area contributed by atoms with Crippen LogP contribution in [-0.2, 0) is 9.84 Å². The third kappa shape index (κ3) is 5.25. The molecule has 0 bridgehead atoms. The quantitative estimate of drug-likeness (QED) is 0.870. The predicted molar refractivity (Wildman–Crippen MR) is 75.4 cm³/mol. The van der Waals surface area contributed by atoms with Crippen LogP contribution in [0.15, 0.2) is 29.2 Å². The van der Waals surface area contributed by atoms with E-state index in [0.29, 0.717) is 23.2 Å². The van der Waals surface area contributed by atoms with Gasteiger partial charge in [-0.2, -0.15) is 0 Å². The van der Waals surface area contributed by atoms with Crippen molar-refractivity contribution in [3.8, 4) is 5.75 Å². The lowest BCUT2D eigenvalue weighted by Crippen LogP contribution is -2.28. The summed E-state index contributed by atoms with van der Waals surface area (Å²) < 4.78 is 28.9. The minimum Gasteiger partial charge on any atom is -0.497 e. The van der Waals surface area contributed by atoms with Gasteiger partial charge >= 0.3 is 0 Å². The first-order valence-electron chi connectivity index (χ1n) is 5.56. The molecule has 1 aromatic carbocycles. The number of methoxy groups -OCH3 is 1. The van der Waals surface area contributed by atoms with Crippen LogP contribution in [0.1, 0.15) is 13.8 Å². The molecule has 0 aliphatic heterocycles. The third-order valence-corrected chi connectivity index (χ3v) is 4.07. The number of halogens is 1. The van der Waals surface area contributed by atoms with Gasteiger partial charge in [-0.15, -0.1) is 12.4 Å². The standard InChI is InChI=1S/C12H19NO3S.ClH/c1-10(2)13-8-9-17(14,15)12-6-4-11(16-3)5-7-12;/h4-7,10,13H,8-9H2,1-3H3;1H. The van der Waals surface area contributed by atoms with Crippen molar-refractivity contribution in [1.82, 2.24) is 5.32 Å².